The number of hydrogen-bond acceptors (Lipinski definition) is 10. The van der Waals surface area contributed by atoms with E-state index in [-0.39, 0.29) is 11.3 Å². The number of aryl methyl sites for hydroxylation is 4. The van der Waals surface area contributed by atoms with Gasteiger partial charge in [0.15, 0.2) is 0 Å². The molecule has 0 aliphatic carbocycles. The van der Waals surface area contributed by atoms with Crippen LogP contribution in [0.4, 0.5) is 0 Å². The van der Waals surface area contributed by atoms with Gasteiger partial charge in [0.25, 0.3) is 0 Å². The molecule has 272 valence electrons. The Morgan fingerprint density at radius 3 is 1.41 bits per heavy atom. The smallest absolute Gasteiger partial charge is 0.341 e. The minimum absolute atomic E-state index is 0.314. The van der Waals surface area contributed by atoms with Gasteiger partial charge in [0, 0.05) is 67.6 Å². The van der Waals surface area contributed by atoms with E-state index in [1.807, 2.05) is 39.8 Å². The molecule has 0 saturated carbocycles. The molecule has 0 spiro atoms. The number of allylic oxidation sites excluding steroid dienone is 2. The summed E-state index contributed by atoms with van der Waals surface area (Å²) < 4.78 is 35.6. The monoisotopic (exact) mass is 698 g/mol. The molecule has 4 aromatic rings. The third-order valence-corrected chi connectivity index (χ3v) is 10.1. The SMILES string of the molecule is C=CCc1cc2c(C)c(CN3CCOCC3)c(=O)oc2c(C)c1OCCCOc1c(CC=C)cc2c(C)c(CN3CCOCC3)c(=O)oc2c1C. The topological polar surface area (TPSA) is 104 Å². The summed E-state index contributed by atoms with van der Waals surface area (Å²) in [6.45, 7) is 23.5. The first-order chi connectivity index (χ1) is 24.7. The summed E-state index contributed by atoms with van der Waals surface area (Å²) in [4.78, 5) is 30.9. The maximum Gasteiger partial charge on any atom is 0.341 e. The molecule has 2 saturated heterocycles. The molecular weight excluding hydrogens is 648 g/mol. The van der Waals surface area contributed by atoms with Crippen LogP contribution in [-0.4, -0.2) is 75.6 Å². The van der Waals surface area contributed by atoms with Crippen LogP contribution >= 0.6 is 0 Å². The van der Waals surface area contributed by atoms with Gasteiger partial charge in [0.1, 0.15) is 22.7 Å². The predicted octanol–water partition coefficient (Wildman–Crippen LogP) is 6.10. The van der Waals surface area contributed by atoms with Gasteiger partial charge in [-0.2, -0.15) is 0 Å². The number of hydrogen-bond donors (Lipinski definition) is 0. The van der Waals surface area contributed by atoms with Gasteiger partial charge in [0.05, 0.1) is 50.8 Å². The van der Waals surface area contributed by atoms with Crippen LogP contribution < -0.4 is 20.7 Å². The Morgan fingerprint density at radius 1 is 0.647 bits per heavy atom. The second-order valence-corrected chi connectivity index (χ2v) is 13.5. The van der Waals surface area contributed by atoms with Crippen LogP contribution in [0.25, 0.3) is 21.9 Å². The van der Waals surface area contributed by atoms with Crippen LogP contribution in [0.1, 0.15) is 50.9 Å². The third kappa shape index (κ3) is 7.84. The summed E-state index contributed by atoms with van der Waals surface area (Å²) in [7, 11) is 0. The van der Waals surface area contributed by atoms with Gasteiger partial charge in [-0.15, -0.1) is 13.2 Å². The van der Waals surface area contributed by atoms with Gasteiger partial charge in [-0.05, 0) is 74.9 Å². The molecule has 2 aliphatic rings. The van der Waals surface area contributed by atoms with Crippen molar-refractivity contribution in [2.75, 3.05) is 65.8 Å². The maximum atomic E-state index is 13.2. The average Bonchev–Trinajstić information content (AvgIpc) is 3.13. The third-order valence-electron chi connectivity index (χ3n) is 10.1. The van der Waals surface area contributed by atoms with Gasteiger partial charge in [-0.25, -0.2) is 9.59 Å². The van der Waals surface area contributed by atoms with Crippen LogP contribution in [0.3, 0.4) is 0 Å². The summed E-state index contributed by atoms with van der Waals surface area (Å²) >= 11 is 0. The Kier molecular flexibility index (Phi) is 11.8. The van der Waals surface area contributed by atoms with E-state index in [1.165, 1.54) is 0 Å². The summed E-state index contributed by atoms with van der Waals surface area (Å²) in [6, 6.07) is 4.14. The molecule has 2 fully saturated rings. The van der Waals surface area contributed by atoms with Crippen molar-refractivity contribution in [3.8, 4) is 11.5 Å². The maximum absolute atomic E-state index is 13.2. The number of morpholine rings is 2. The number of benzene rings is 2. The molecule has 0 radical (unpaired) electrons. The van der Waals surface area contributed by atoms with Crippen molar-refractivity contribution >= 4 is 21.9 Å². The molecule has 10 heteroatoms. The Hall–Kier alpha value is -4.22. The van der Waals surface area contributed by atoms with Gasteiger partial charge in [-0.1, -0.05) is 12.2 Å². The quantitative estimate of drug-likeness (QED) is 0.0872. The van der Waals surface area contributed by atoms with E-state index < -0.39 is 0 Å². The van der Waals surface area contributed by atoms with Gasteiger partial charge >= 0.3 is 11.3 Å². The van der Waals surface area contributed by atoms with E-state index in [0.29, 0.717) is 106 Å². The van der Waals surface area contributed by atoms with Crippen LogP contribution in [0.2, 0.25) is 0 Å². The molecule has 0 N–H and O–H groups in total. The van der Waals surface area contributed by atoms with Crippen molar-refractivity contribution in [2.45, 2.75) is 60.0 Å². The largest absolute Gasteiger partial charge is 0.493 e. The van der Waals surface area contributed by atoms with Crippen LogP contribution in [-0.2, 0) is 35.4 Å². The van der Waals surface area contributed by atoms with Gasteiger partial charge in [0.2, 0.25) is 0 Å². The molecule has 0 atom stereocenters. The highest BCUT2D eigenvalue weighted by Gasteiger charge is 2.23. The predicted molar refractivity (Wildman–Crippen MR) is 200 cm³/mol. The fourth-order valence-electron chi connectivity index (χ4n) is 7.22. The normalized spacial score (nSPS) is 15.8. The Balaban J connectivity index is 1.19. The Morgan fingerprint density at radius 2 is 1.04 bits per heavy atom. The summed E-state index contributed by atoms with van der Waals surface area (Å²) in [6.07, 6.45) is 5.53. The highest BCUT2D eigenvalue weighted by Crippen LogP contribution is 2.36. The number of rotatable bonds is 14. The lowest BCUT2D eigenvalue weighted by molar-refractivity contribution is 0.0336. The molecule has 0 amide bonds. The zero-order valence-corrected chi connectivity index (χ0v) is 30.5. The van der Waals surface area contributed by atoms with E-state index in [9.17, 15) is 9.59 Å². The van der Waals surface area contributed by atoms with E-state index >= 15 is 0 Å². The molecule has 0 unspecified atom stereocenters. The summed E-state index contributed by atoms with van der Waals surface area (Å²) in [5.74, 6) is 1.40. The van der Waals surface area contributed by atoms with Crippen LogP contribution in [0.15, 0.2) is 55.9 Å². The highest BCUT2D eigenvalue weighted by atomic mass is 16.5. The van der Waals surface area contributed by atoms with E-state index in [1.54, 1.807) is 0 Å². The van der Waals surface area contributed by atoms with E-state index in [0.717, 1.165) is 70.3 Å². The zero-order chi connectivity index (χ0) is 36.1. The molecule has 51 heavy (non-hydrogen) atoms. The molecule has 10 nitrogen and oxygen atoms in total. The van der Waals surface area contributed by atoms with Crippen molar-refractivity contribution in [2.24, 2.45) is 0 Å². The standard InChI is InChI=1S/C41H50N2O8/c1-7-10-30-22-32-26(3)34(24-42-12-18-46-19-13-42)40(44)50-38(32)28(5)36(30)48-16-9-17-49-37-29(6)39-33(23-31(37)11-8-2)27(4)35(41(45)51-39)25-43-14-20-47-21-15-43/h7-8,22-23H,1-2,9-21,24-25H2,3-6H3. The van der Waals surface area contributed by atoms with Gasteiger partial charge in [-0.3, -0.25) is 9.80 Å². The summed E-state index contributed by atoms with van der Waals surface area (Å²) in [5.41, 5.74) is 7.26. The first-order valence-corrected chi connectivity index (χ1v) is 18.0. The Labute approximate surface area is 299 Å². The molecule has 2 aromatic heterocycles. The van der Waals surface area contributed by atoms with E-state index in [4.69, 9.17) is 27.8 Å². The molecule has 2 aromatic carbocycles. The number of nitrogens with zero attached hydrogens (tertiary/aromatic N) is 2. The van der Waals surface area contributed by atoms with Crippen molar-refractivity contribution in [3.63, 3.8) is 0 Å². The molecular formula is C41H50N2O8. The number of fused-ring (bicyclic) bond motifs is 2. The first-order valence-electron chi connectivity index (χ1n) is 18.0. The van der Waals surface area contributed by atoms with Gasteiger partial charge < -0.3 is 27.8 Å². The molecule has 2 aliphatic heterocycles. The fourth-order valence-corrected chi connectivity index (χ4v) is 7.22. The minimum Gasteiger partial charge on any atom is -0.493 e. The lowest BCUT2D eigenvalue weighted by atomic mass is 9.98. The lowest BCUT2D eigenvalue weighted by Gasteiger charge is -2.27. The zero-order valence-electron chi connectivity index (χ0n) is 30.5. The minimum atomic E-state index is -0.314. The molecule has 6 rings (SSSR count). The first kappa shape index (κ1) is 36.6. The second kappa shape index (κ2) is 16.4. The van der Waals surface area contributed by atoms with Crippen LogP contribution in [0, 0.1) is 27.7 Å². The number of ether oxygens (including phenoxy) is 4. The fraction of sp³-hybridized carbons (Fsp3) is 0.463. The molecule has 0 bridgehead atoms. The van der Waals surface area contributed by atoms with Crippen molar-refractivity contribution in [1.29, 1.82) is 0 Å². The van der Waals surface area contributed by atoms with Crippen molar-refractivity contribution < 1.29 is 27.8 Å². The highest BCUT2D eigenvalue weighted by molar-refractivity contribution is 5.88. The van der Waals surface area contributed by atoms with Crippen molar-refractivity contribution in [3.05, 3.63) is 103 Å². The summed E-state index contributed by atoms with van der Waals surface area (Å²) in [5, 5.41) is 1.83. The van der Waals surface area contributed by atoms with E-state index in [2.05, 4.69) is 35.1 Å². The Bertz CT molecular complexity index is 1890. The molecule has 4 heterocycles. The second-order valence-electron chi connectivity index (χ2n) is 13.5. The average molecular weight is 699 g/mol. The van der Waals surface area contributed by atoms with Crippen LogP contribution in [0.5, 0.6) is 11.5 Å². The van der Waals surface area contributed by atoms with Crippen molar-refractivity contribution in [1.82, 2.24) is 9.80 Å². The lowest BCUT2D eigenvalue weighted by Crippen LogP contribution is -2.37.